The summed E-state index contributed by atoms with van der Waals surface area (Å²) in [5.74, 6) is -1.33. The topological polar surface area (TPSA) is 73.0 Å². The van der Waals surface area contributed by atoms with Crippen LogP contribution in [0.3, 0.4) is 0 Å². The van der Waals surface area contributed by atoms with E-state index in [1.807, 2.05) is 40.0 Å². The van der Waals surface area contributed by atoms with Crippen molar-refractivity contribution in [3.8, 4) is 11.1 Å². The molecule has 0 amide bonds. The van der Waals surface area contributed by atoms with Crippen LogP contribution >= 0.6 is 11.3 Å². The number of halogens is 2. The number of fused-ring (bicyclic) bond motifs is 2. The van der Waals surface area contributed by atoms with Crippen molar-refractivity contribution >= 4 is 27.9 Å². The van der Waals surface area contributed by atoms with Crippen molar-refractivity contribution in [3.63, 3.8) is 0 Å². The Morgan fingerprint density at radius 2 is 2.03 bits per heavy atom. The van der Waals surface area contributed by atoms with Gasteiger partial charge < -0.3 is 20.7 Å². The minimum Gasteiger partial charge on any atom is -0.389 e. The van der Waals surface area contributed by atoms with Crippen LogP contribution in [0.25, 0.3) is 22.0 Å². The predicted octanol–water partition coefficient (Wildman–Crippen LogP) is 5.58. The third kappa shape index (κ3) is 3.53. The lowest BCUT2D eigenvalue weighted by Gasteiger charge is -2.44. The summed E-state index contributed by atoms with van der Waals surface area (Å²) in [5.41, 5.74) is 4.49. The van der Waals surface area contributed by atoms with Gasteiger partial charge in [-0.1, -0.05) is 18.2 Å². The highest BCUT2D eigenvalue weighted by Gasteiger charge is 2.43. The summed E-state index contributed by atoms with van der Waals surface area (Å²) in [5, 5.41) is 18.5. The number of hydrogen-bond acceptors (Lipinski definition) is 5. The second-order valence-corrected chi connectivity index (χ2v) is 10.2. The molecule has 0 spiro atoms. The van der Waals surface area contributed by atoms with Crippen molar-refractivity contribution < 1.29 is 13.9 Å². The number of aryl methyl sites for hydroxylation is 2. The molecule has 0 aliphatic carbocycles. The summed E-state index contributed by atoms with van der Waals surface area (Å²) in [6, 6.07) is 6.04. The van der Waals surface area contributed by atoms with E-state index in [2.05, 4.69) is 20.6 Å². The van der Waals surface area contributed by atoms with Gasteiger partial charge >= 0.3 is 0 Å². The van der Waals surface area contributed by atoms with Crippen molar-refractivity contribution in [1.82, 2.24) is 15.3 Å². The normalized spacial score (nSPS) is 19.5. The SMILES string of the molecule is Cc1ncsc1CNC1c2c(cc(F)c(-c3cccc4c(C)c[nH]c34)c2F)NC(C)(C)C1O. The number of nitrogens with one attached hydrogen (secondary N) is 3. The number of aliphatic hydroxyl groups excluding tert-OH is 1. The molecule has 5 rings (SSSR count). The average molecular weight is 469 g/mol. The molecule has 0 radical (unpaired) electrons. The van der Waals surface area contributed by atoms with E-state index in [1.165, 1.54) is 17.4 Å². The van der Waals surface area contributed by atoms with Crippen LogP contribution in [-0.4, -0.2) is 26.7 Å². The van der Waals surface area contributed by atoms with Gasteiger partial charge in [0.15, 0.2) is 0 Å². The standard InChI is InChI=1S/C25H26F2N4OS/c1-12-9-28-22-14(12)6-5-7-15(22)19-16(26)8-17-20(21(19)27)23(24(32)25(3,4)31-17)29-10-18-13(2)30-11-33-18/h5-9,11,23-24,28-29,31-32H,10H2,1-4H3. The van der Waals surface area contributed by atoms with Crippen LogP contribution < -0.4 is 10.6 Å². The first-order valence-electron chi connectivity index (χ1n) is 10.9. The number of thiazole rings is 1. The highest BCUT2D eigenvalue weighted by Crippen LogP contribution is 2.44. The van der Waals surface area contributed by atoms with Crippen LogP contribution in [0.1, 0.15) is 41.6 Å². The monoisotopic (exact) mass is 468 g/mol. The lowest BCUT2D eigenvalue weighted by molar-refractivity contribution is 0.0664. The number of H-pyrrole nitrogens is 1. The Balaban J connectivity index is 1.67. The third-order valence-electron chi connectivity index (χ3n) is 6.60. The molecule has 33 heavy (non-hydrogen) atoms. The fourth-order valence-electron chi connectivity index (χ4n) is 4.70. The number of anilines is 1. The van der Waals surface area contributed by atoms with E-state index >= 15 is 8.78 Å². The Hall–Kier alpha value is -2.81. The van der Waals surface area contributed by atoms with Crippen LogP contribution in [0.5, 0.6) is 0 Å². The average Bonchev–Trinajstić information content (AvgIpc) is 3.34. The molecule has 8 heteroatoms. The van der Waals surface area contributed by atoms with Crippen LogP contribution in [0, 0.1) is 25.5 Å². The van der Waals surface area contributed by atoms with Gasteiger partial charge in [-0.25, -0.2) is 13.8 Å². The Bertz CT molecular complexity index is 1360. The van der Waals surface area contributed by atoms with Gasteiger partial charge in [-0.2, -0.15) is 0 Å². The van der Waals surface area contributed by atoms with Crippen LogP contribution in [0.15, 0.2) is 36.0 Å². The first-order valence-corrected chi connectivity index (χ1v) is 11.7. The minimum atomic E-state index is -0.949. The predicted molar refractivity (Wildman–Crippen MR) is 129 cm³/mol. The number of para-hydroxylation sites is 1. The smallest absolute Gasteiger partial charge is 0.140 e. The molecular formula is C25H26F2N4OS. The van der Waals surface area contributed by atoms with E-state index in [9.17, 15) is 5.11 Å². The molecule has 5 nitrogen and oxygen atoms in total. The molecule has 0 saturated heterocycles. The van der Waals surface area contributed by atoms with Gasteiger partial charge in [0.05, 0.1) is 40.0 Å². The zero-order valence-electron chi connectivity index (χ0n) is 18.9. The number of hydrogen-bond donors (Lipinski definition) is 4. The van der Waals surface area contributed by atoms with E-state index in [0.29, 0.717) is 23.3 Å². The van der Waals surface area contributed by atoms with E-state index in [1.54, 1.807) is 17.6 Å². The summed E-state index contributed by atoms with van der Waals surface area (Å²) in [6.45, 7) is 7.92. The molecule has 0 bridgehead atoms. The Labute approximate surface area is 194 Å². The van der Waals surface area contributed by atoms with Crippen molar-refractivity contribution in [2.24, 2.45) is 0 Å². The summed E-state index contributed by atoms with van der Waals surface area (Å²) in [7, 11) is 0. The summed E-state index contributed by atoms with van der Waals surface area (Å²) in [4.78, 5) is 8.42. The number of aromatic amines is 1. The Kier molecular flexibility index (Phi) is 5.27. The molecule has 0 fully saturated rings. The molecule has 2 aromatic heterocycles. The molecule has 4 aromatic rings. The molecular weight excluding hydrogens is 442 g/mol. The van der Waals surface area contributed by atoms with E-state index in [-0.39, 0.29) is 11.1 Å². The molecule has 1 aliphatic heterocycles. The van der Waals surface area contributed by atoms with Gasteiger partial charge in [-0.3, -0.25) is 0 Å². The maximum atomic E-state index is 16.2. The summed E-state index contributed by atoms with van der Waals surface area (Å²) in [6.07, 6.45) is 0.882. The third-order valence-corrected chi connectivity index (χ3v) is 7.53. The number of aromatic nitrogens is 2. The van der Waals surface area contributed by atoms with Gasteiger partial charge in [-0.15, -0.1) is 11.3 Å². The molecule has 172 valence electrons. The van der Waals surface area contributed by atoms with Gasteiger partial charge in [0.25, 0.3) is 0 Å². The molecule has 1 aliphatic rings. The molecule has 2 unspecified atom stereocenters. The number of benzene rings is 2. The van der Waals surface area contributed by atoms with Gasteiger partial charge in [-0.05, 0) is 39.3 Å². The fraction of sp³-hybridized carbons (Fsp3) is 0.320. The van der Waals surface area contributed by atoms with Crippen LogP contribution in [-0.2, 0) is 6.54 Å². The second-order valence-electron chi connectivity index (χ2n) is 9.22. The minimum absolute atomic E-state index is 0.101. The van der Waals surface area contributed by atoms with Gasteiger partial charge in [0.2, 0.25) is 0 Å². The summed E-state index contributed by atoms with van der Waals surface area (Å²) >= 11 is 1.50. The van der Waals surface area contributed by atoms with Crippen LogP contribution in [0.2, 0.25) is 0 Å². The molecule has 0 saturated carbocycles. The number of rotatable bonds is 4. The Morgan fingerprint density at radius 1 is 1.24 bits per heavy atom. The van der Waals surface area contributed by atoms with E-state index in [0.717, 1.165) is 21.5 Å². The van der Waals surface area contributed by atoms with Crippen molar-refractivity contribution in [2.45, 2.75) is 51.9 Å². The zero-order valence-corrected chi connectivity index (χ0v) is 19.7. The zero-order chi connectivity index (χ0) is 23.5. The van der Waals surface area contributed by atoms with Crippen molar-refractivity contribution in [2.75, 3.05) is 5.32 Å². The molecule has 2 atom stereocenters. The molecule has 3 heterocycles. The maximum Gasteiger partial charge on any atom is 0.140 e. The second kappa shape index (κ2) is 7.90. The van der Waals surface area contributed by atoms with Gasteiger partial charge in [0.1, 0.15) is 11.6 Å². The lowest BCUT2D eigenvalue weighted by Crippen LogP contribution is -2.54. The molecule has 2 aromatic carbocycles. The van der Waals surface area contributed by atoms with Crippen LogP contribution in [0.4, 0.5) is 14.5 Å². The number of nitrogens with zero attached hydrogens (tertiary/aromatic N) is 1. The number of aliphatic hydroxyl groups is 1. The highest BCUT2D eigenvalue weighted by molar-refractivity contribution is 7.09. The fourth-order valence-corrected chi connectivity index (χ4v) is 5.43. The maximum absolute atomic E-state index is 16.2. The van der Waals surface area contributed by atoms with Gasteiger partial charge in [0, 0.05) is 39.8 Å². The first kappa shape index (κ1) is 22.0. The highest BCUT2D eigenvalue weighted by atomic mass is 32.1. The van der Waals surface area contributed by atoms with E-state index in [4.69, 9.17) is 0 Å². The quantitative estimate of drug-likeness (QED) is 0.315. The Morgan fingerprint density at radius 3 is 2.76 bits per heavy atom. The first-order chi connectivity index (χ1) is 15.7. The van der Waals surface area contributed by atoms with E-state index < -0.39 is 29.3 Å². The van der Waals surface area contributed by atoms with Crippen molar-refractivity contribution in [3.05, 3.63) is 69.3 Å². The lowest BCUT2D eigenvalue weighted by atomic mass is 9.81. The van der Waals surface area contributed by atoms with Crippen molar-refractivity contribution in [1.29, 1.82) is 0 Å². The largest absolute Gasteiger partial charge is 0.389 e. The molecule has 4 N–H and O–H groups in total. The summed E-state index contributed by atoms with van der Waals surface area (Å²) < 4.78 is 31.6.